The van der Waals surface area contributed by atoms with Gasteiger partial charge in [0.1, 0.15) is 6.04 Å². The van der Waals surface area contributed by atoms with Gasteiger partial charge in [-0.05, 0) is 43.7 Å². The predicted molar refractivity (Wildman–Crippen MR) is 129 cm³/mol. The molecular formula is C28H24N2O5. The van der Waals surface area contributed by atoms with Gasteiger partial charge in [-0.1, -0.05) is 66.7 Å². The summed E-state index contributed by atoms with van der Waals surface area (Å²) in [6.07, 6.45) is 0. The maximum atomic E-state index is 13.9. The molecule has 1 atom stereocenters. The molecule has 0 radical (unpaired) electrons. The highest BCUT2D eigenvalue weighted by molar-refractivity contribution is 6.15. The van der Waals surface area contributed by atoms with Crippen molar-refractivity contribution < 1.29 is 23.9 Å². The van der Waals surface area contributed by atoms with E-state index in [1.54, 1.807) is 97.9 Å². The maximum absolute atomic E-state index is 13.9. The minimum absolute atomic E-state index is 0.0474. The van der Waals surface area contributed by atoms with Gasteiger partial charge in [0.15, 0.2) is 0 Å². The topological polar surface area (TPSA) is 84.0 Å². The number of esters is 1. The second kappa shape index (κ2) is 10.2. The first-order chi connectivity index (χ1) is 17.0. The standard InChI is InChI=1S/C28H24N2O5/c1-3-35-27(33)23-19(2)29(25(31)21-15-9-5-10-16-21)28(34)30(24(23)20-13-7-4-8-14-20)26(32)22-17-11-6-12-18-22/h4-18,24H,3H2,1-2H3. The molecule has 0 aliphatic carbocycles. The number of rotatable bonds is 5. The zero-order valence-corrected chi connectivity index (χ0v) is 19.4. The lowest BCUT2D eigenvalue weighted by atomic mass is 9.92. The van der Waals surface area contributed by atoms with E-state index in [1.165, 1.54) is 6.92 Å². The van der Waals surface area contributed by atoms with Gasteiger partial charge in [-0.15, -0.1) is 0 Å². The molecule has 7 heteroatoms. The summed E-state index contributed by atoms with van der Waals surface area (Å²) in [6.45, 7) is 3.27. The third-order valence-electron chi connectivity index (χ3n) is 5.73. The number of amides is 4. The van der Waals surface area contributed by atoms with Gasteiger partial charge in [0.2, 0.25) is 0 Å². The van der Waals surface area contributed by atoms with E-state index in [4.69, 9.17) is 4.74 Å². The lowest BCUT2D eigenvalue weighted by Gasteiger charge is -2.40. The predicted octanol–water partition coefficient (Wildman–Crippen LogP) is 4.98. The summed E-state index contributed by atoms with van der Waals surface area (Å²) in [4.78, 5) is 56.2. The first kappa shape index (κ1) is 23.6. The van der Waals surface area contributed by atoms with E-state index >= 15 is 0 Å². The van der Waals surface area contributed by atoms with Crippen LogP contribution in [-0.4, -0.2) is 40.2 Å². The van der Waals surface area contributed by atoms with Crippen molar-refractivity contribution in [2.75, 3.05) is 6.61 Å². The van der Waals surface area contributed by atoms with Crippen molar-refractivity contribution >= 4 is 23.8 Å². The molecule has 1 aliphatic rings. The number of carbonyl (C=O) groups excluding carboxylic acids is 4. The summed E-state index contributed by atoms with van der Waals surface area (Å²) in [6, 6.07) is 23.3. The summed E-state index contributed by atoms with van der Waals surface area (Å²) in [5.74, 6) is -1.99. The molecule has 0 spiro atoms. The minimum atomic E-state index is -1.07. The number of benzene rings is 3. The molecule has 1 aliphatic heterocycles. The van der Waals surface area contributed by atoms with Gasteiger partial charge in [0, 0.05) is 16.8 Å². The molecule has 0 N–H and O–H groups in total. The molecule has 35 heavy (non-hydrogen) atoms. The summed E-state index contributed by atoms with van der Waals surface area (Å²) >= 11 is 0. The van der Waals surface area contributed by atoms with Crippen LogP contribution in [0.15, 0.2) is 102 Å². The molecule has 0 aromatic heterocycles. The van der Waals surface area contributed by atoms with Crippen LogP contribution in [0.25, 0.3) is 0 Å². The average Bonchev–Trinajstić information content (AvgIpc) is 2.89. The van der Waals surface area contributed by atoms with Crippen LogP contribution in [0.4, 0.5) is 4.79 Å². The molecule has 176 valence electrons. The number of hydrogen-bond acceptors (Lipinski definition) is 5. The van der Waals surface area contributed by atoms with Crippen LogP contribution in [0.1, 0.15) is 46.2 Å². The Labute approximate surface area is 203 Å². The average molecular weight is 469 g/mol. The van der Waals surface area contributed by atoms with E-state index < -0.39 is 29.9 Å². The molecule has 0 saturated heterocycles. The smallest absolute Gasteiger partial charge is 0.339 e. The minimum Gasteiger partial charge on any atom is -0.463 e. The molecule has 3 aromatic carbocycles. The largest absolute Gasteiger partial charge is 0.463 e. The number of allylic oxidation sites excluding steroid dienone is 1. The van der Waals surface area contributed by atoms with E-state index in [1.807, 2.05) is 0 Å². The van der Waals surface area contributed by atoms with E-state index in [0.29, 0.717) is 5.56 Å². The molecule has 3 aromatic rings. The van der Waals surface area contributed by atoms with Crippen LogP contribution < -0.4 is 0 Å². The van der Waals surface area contributed by atoms with Crippen molar-refractivity contribution in [3.63, 3.8) is 0 Å². The van der Waals surface area contributed by atoms with Crippen LogP contribution in [0.2, 0.25) is 0 Å². The Morgan fingerprint density at radius 1 is 0.771 bits per heavy atom. The van der Waals surface area contributed by atoms with Gasteiger partial charge in [-0.25, -0.2) is 19.4 Å². The van der Waals surface area contributed by atoms with Crippen molar-refractivity contribution in [3.8, 4) is 0 Å². The molecule has 4 rings (SSSR count). The number of nitrogens with zero attached hydrogens (tertiary/aromatic N) is 2. The normalized spacial score (nSPS) is 15.7. The third-order valence-corrected chi connectivity index (χ3v) is 5.73. The van der Waals surface area contributed by atoms with E-state index in [0.717, 1.165) is 9.80 Å². The fraction of sp³-hybridized carbons (Fsp3) is 0.143. The van der Waals surface area contributed by atoms with Gasteiger partial charge in [0.05, 0.1) is 12.2 Å². The number of carbonyl (C=O) groups is 4. The molecule has 0 bridgehead atoms. The quantitative estimate of drug-likeness (QED) is 0.493. The van der Waals surface area contributed by atoms with Gasteiger partial charge in [-0.3, -0.25) is 9.59 Å². The molecule has 0 fully saturated rings. The van der Waals surface area contributed by atoms with Gasteiger partial charge in [-0.2, -0.15) is 0 Å². The molecule has 7 nitrogen and oxygen atoms in total. The maximum Gasteiger partial charge on any atom is 0.339 e. The van der Waals surface area contributed by atoms with Crippen LogP contribution >= 0.6 is 0 Å². The van der Waals surface area contributed by atoms with Crippen molar-refractivity contribution in [1.82, 2.24) is 9.80 Å². The highest BCUT2D eigenvalue weighted by Gasteiger charge is 2.47. The summed E-state index contributed by atoms with van der Waals surface area (Å²) in [5.41, 5.74) is 1.20. The summed E-state index contributed by atoms with van der Waals surface area (Å²) in [7, 11) is 0. The van der Waals surface area contributed by atoms with Gasteiger partial charge in [0.25, 0.3) is 11.8 Å². The van der Waals surface area contributed by atoms with Crippen LogP contribution in [0.3, 0.4) is 0 Å². The molecule has 1 unspecified atom stereocenters. The van der Waals surface area contributed by atoms with E-state index in [9.17, 15) is 19.2 Å². The summed E-state index contributed by atoms with van der Waals surface area (Å²) < 4.78 is 5.32. The van der Waals surface area contributed by atoms with E-state index in [2.05, 4.69) is 0 Å². The van der Waals surface area contributed by atoms with E-state index in [-0.39, 0.29) is 29.0 Å². The van der Waals surface area contributed by atoms with Gasteiger partial charge >= 0.3 is 12.0 Å². The molecule has 0 saturated carbocycles. The molecular weight excluding hydrogens is 444 g/mol. The van der Waals surface area contributed by atoms with Crippen molar-refractivity contribution in [2.45, 2.75) is 19.9 Å². The Kier molecular flexibility index (Phi) is 6.87. The number of ether oxygens (including phenoxy) is 1. The fourth-order valence-electron chi connectivity index (χ4n) is 4.10. The lowest BCUT2D eigenvalue weighted by Crippen LogP contribution is -2.54. The zero-order valence-electron chi connectivity index (χ0n) is 19.4. The number of urea groups is 1. The second-order valence-corrected chi connectivity index (χ2v) is 7.86. The zero-order chi connectivity index (χ0) is 24.9. The highest BCUT2D eigenvalue weighted by atomic mass is 16.5. The second-order valence-electron chi connectivity index (χ2n) is 7.86. The van der Waals surface area contributed by atoms with Gasteiger partial charge < -0.3 is 4.74 Å². The lowest BCUT2D eigenvalue weighted by molar-refractivity contribution is -0.139. The Hall–Kier alpha value is -4.52. The van der Waals surface area contributed by atoms with Crippen LogP contribution in [0.5, 0.6) is 0 Å². The SMILES string of the molecule is CCOC(=O)C1=C(C)N(C(=O)c2ccccc2)C(=O)N(C(=O)c2ccccc2)C1c1ccccc1. The van der Waals surface area contributed by atoms with Crippen LogP contribution in [-0.2, 0) is 9.53 Å². The fourth-order valence-corrected chi connectivity index (χ4v) is 4.10. The van der Waals surface area contributed by atoms with Crippen molar-refractivity contribution in [1.29, 1.82) is 0 Å². The molecule has 4 amide bonds. The first-order valence-corrected chi connectivity index (χ1v) is 11.2. The Morgan fingerprint density at radius 2 is 1.26 bits per heavy atom. The molecule has 1 heterocycles. The Balaban J connectivity index is 1.96. The highest BCUT2D eigenvalue weighted by Crippen LogP contribution is 2.39. The Bertz CT molecular complexity index is 1290. The number of imide groups is 2. The monoisotopic (exact) mass is 468 g/mol. The third kappa shape index (κ3) is 4.48. The van der Waals surface area contributed by atoms with Crippen LogP contribution in [0, 0.1) is 0 Å². The van der Waals surface area contributed by atoms with Crippen molar-refractivity contribution in [3.05, 3.63) is 119 Å². The summed E-state index contributed by atoms with van der Waals surface area (Å²) in [5, 5.41) is 0. The Morgan fingerprint density at radius 3 is 1.77 bits per heavy atom. The number of hydrogen-bond donors (Lipinski definition) is 0. The first-order valence-electron chi connectivity index (χ1n) is 11.2. The van der Waals surface area contributed by atoms with Crippen molar-refractivity contribution in [2.24, 2.45) is 0 Å².